The molecule has 0 spiro atoms. The highest BCUT2D eigenvalue weighted by atomic mass is 16.7. The molecule has 1 aromatic carbocycles. The average Bonchev–Trinajstić information content (AvgIpc) is 2.97. The molecule has 0 fully saturated rings. The van der Waals surface area contributed by atoms with Crippen LogP contribution in [0.4, 0.5) is 0 Å². The predicted molar refractivity (Wildman–Crippen MR) is 93.6 cm³/mol. The maximum atomic E-state index is 11.1. The Bertz CT molecular complexity index is 726. The Kier molecular flexibility index (Phi) is 6.20. The van der Waals surface area contributed by atoms with Gasteiger partial charge in [-0.25, -0.2) is 5.06 Å². The summed E-state index contributed by atoms with van der Waals surface area (Å²) >= 11 is 0. The molecule has 6 nitrogen and oxygen atoms in total. The number of amides is 1. The normalized spacial score (nSPS) is 11.0. The van der Waals surface area contributed by atoms with E-state index in [2.05, 4.69) is 11.1 Å². The molecular weight excluding hydrogens is 320 g/mol. The first-order valence-electron chi connectivity index (χ1n) is 7.96. The second kappa shape index (κ2) is 8.36. The average molecular weight is 342 g/mol. The number of terminal acetylenes is 1. The van der Waals surface area contributed by atoms with Crippen molar-refractivity contribution in [1.29, 1.82) is 0 Å². The van der Waals surface area contributed by atoms with Gasteiger partial charge in [0.1, 0.15) is 6.61 Å². The fraction of sp³-hybridized carbons (Fsp3) is 0.368. The second-order valence-corrected chi connectivity index (χ2v) is 6.34. The minimum Gasteiger partial charge on any atom is -0.473 e. The van der Waals surface area contributed by atoms with Crippen molar-refractivity contribution in [3.05, 3.63) is 35.9 Å². The van der Waals surface area contributed by atoms with Crippen molar-refractivity contribution in [3.63, 3.8) is 0 Å². The molecule has 0 saturated heterocycles. The molecule has 0 radical (unpaired) electrons. The quantitative estimate of drug-likeness (QED) is 0.419. The molecule has 0 atom stereocenters. The molecule has 2 aromatic rings. The lowest BCUT2D eigenvalue weighted by Crippen LogP contribution is -2.35. The highest BCUT2D eigenvalue weighted by molar-refractivity contribution is 5.63. The van der Waals surface area contributed by atoms with Gasteiger partial charge < -0.3 is 9.26 Å². The third-order valence-corrected chi connectivity index (χ3v) is 3.13. The number of nitrogens with zero attached hydrogens (tertiary/aromatic N) is 2. The van der Waals surface area contributed by atoms with Crippen LogP contribution in [0.3, 0.4) is 0 Å². The summed E-state index contributed by atoms with van der Waals surface area (Å²) in [6.45, 7) is 6.04. The second-order valence-electron chi connectivity index (χ2n) is 6.34. The third-order valence-electron chi connectivity index (χ3n) is 3.13. The number of carbonyl (C=O) groups excluding carboxylic acids is 1. The molecule has 0 aliphatic heterocycles. The SMILES string of the molecule is C#CCc1c(OCCN(C=O)OC(C)(C)C)noc1-c1ccccc1. The van der Waals surface area contributed by atoms with Crippen molar-refractivity contribution in [2.75, 3.05) is 13.2 Å². The summed E-state index contributed by atoms with van der Waals surface area (Å²) in [7, 11) is 0. The van der Waals surface area contributed by atoms with Crippen molar-refractivity contribution < 1.29 is 18.9 Å². The van der Waals surface area contributed by atoms with Crippen LogP contribution in [-0.4, -0.2) is 35.4 Å². The molecule has 0 saturated carbocycles. The van der Waals surface area contributed by atoms with Gasteiger partial charge in [-0.3, -0.25) is 9.63 Å². The van der Waals surface area contributed by atoms with Gasteiger partial charge in [0.2, 0.25) is 6.41 Å². The van der Waals surface area contributed by atoms with E-state index in [4.69, 9.17) is 20.5 Å². The largest absolute Gasteiger partial charge is 0.473 e. The minimum absolute atomic E-state index is 0.202. The molecule has 2 rings (SSSR count). The van der Waals surface area contributed by atoms with Crippen LogP contribution in [0.2, 0.25) is 0 Å². The van der Waals surface area contributed by atoms with E-state index in [1.54, 1.807) is 0 Å². The molecule has 1 amide bonds. The monoisotopic (exact) mass is 342 g/mol. The zero-order valence-electron chi connectivity index (χ0n) is 14.7. The fourth-order valence-electron chi connectivity index (χ4n) is 2.19. The Labute approximate surface area is 147 Å². The van der Waals surface area contributed by atoms with Gasteiger partial charge in [0.15, 0.2) is 5.76 Å². The van der Waals surface area contributed by atoms with E-state index in [0.717, 1.165) is 5.56 Å². The maximum Gasteiger partial charge on any atom is 0.259 e. The summed E-state index contributed by atoms with van der Waals surface area (Å²) in [5, 5.41) is 5.16. The van der Waals surface area contributed by atoms with Gasteiger partial charge in [-0.05, 0) is 25.9 Å². The molecule has 0 aliphatic rings. The highest BCUT2D eigenvalue weighted by Crippen LogP contribution is 2.30. The summed E-state index contributed by atoms with van der Waals surface area (Å²) in [6.07, 6.45) is 6.41. The van der Waals surface area contributed by atoms with Crippen LogP contribution in [0.25, 0.3) is 11.3 Å². The van der Waals surface area contributed by atoms with Gasteiger partial charge >= 0.3 is 0 Å². The summed E-state index contributed by atoms with van der Waals surface area (Å²) in [5.41, 5.74) is 1.12. The summed E-state index contributed by atoms with van der Waals surface area (Å²) in [5.74, 6) is 3.51. The number of aromatic nitrogens is 1. The van der Waals surface area contributed by atoms with Crippen LogP contribution >= 0.6 is 0 Å². The van der Waals surface area contributed by atoms with Crippen molar-refractivity contribution >= 4 is 6.41 Å². The van der Waals surface area contributed by atoms with Crippen LogP contribution in [0.5, 0.6) is 5.88 Å². The molecule has 1 aromatic heterocycles. The van der Waals surface area contributed by atoms with Crippen LogP contribution in [0.15, 0.2) is 34.9 Å². The zero-order chi connectivity index (χ0) is 18.3. The molecule has 25 heavy (non-hydrogen) atoms. The van der Waals surface area contributed by atoms with E-state index in [1.165, 1.54) is 5.06 Å². The van der Waals surface area contributed by atoms with Gasteiger partial charge in [0.25, 0.3) is 5.88 Å². The number of rotatable bonds is 8. The van der Waals surface area contributed by atoms with E-state index in [9.17, 15) is 4.79 Å². The van der Waals surface area contributed by atoms with E-state index in [1.807, 2.05) is 51.1 Å². The van der Waals surface area contributed by atoms with Crippen LogP contribution in [-0.2, 0) is 16.1 Å². The lowest BCUT2D eigenvalue weighted by atomic mass is 10.1. The molecule has 0 aliphatic carbocycles. The first kappa shape index (κ1) is 18.6. The van der Waals surface area contributed by atoms with Crippen molar-refractivity contribution in [2.45, 2.75) is 32.8 Å². The van der Waals surface area contributed by atoms with E-state index in [0.29, 0.717) is 30.0 Å². The molecule has 0 bridgehead atoms. The first-order chi connectivity index (χ1) is 11.9. The van der Waals surface area contributed by atoms with Crippen LogP contribution in [0, 0.1) is 12.3 Å². The summed E-state index contributed by atoms with van der Waals surface area (Å²) in [6, 6.07) is 9.56. The fourth-order valence-corrected chi connectivity index (χ4v) is 2.19. The van der Waals surface area contributed by atoms with Gasteiger partial charge in [0.05, 0.1) is 17.7 Å². The van der Waals surface area contributed by atoms with E-state index >= 15 is 0 Å². The van der Waals surface area contributed by atoms with Gasteiger partial charge in [-0.2, -0.15) is 0 Å². The van der Waals surface area contributed by atoms with Gasteiger partial charge in [-0.1, -0.05) is 30.3 Å². The number of carbonyl (C=O) groups is 1. The molecule has 0 N–H and O–H groups in total. The first-order valence-corrected chi connectivity index (χ1v) is 7.96. The molecule has 1 heterocycles. The zero-order valence-corrected chi connectivity index (χ0v) is 14.7. The number of ether oxygens (including phenoxy) is 1. The Hall–Kier alpha value is -2.78. The lowest BCUT2D eigenvalue weighted by molar-refractivity contribution is -0.217. The Balaban J connectivity index is 2.06. The third kappa shape index (κ3) is 5.37. The highest BCUT2D eigenvalue weighted by Gasteiger charge is 2.19. The Morgan fingerprint density at radius 2 is 2.04 bits per heavy atom. The van der Waals surface area contributed by atoms with E-state index in [-0.39, 0.29) is 13.2 Å². The number of hydrogen-bond donors (Lipinski definition) is 0. The molecule has 132 valence electrons. The smallest absolute Gasteiger partial charge is 0.259 e. The molecular formula is C19H22N2O4. The Morgan fingerprint density at radius 1 is 1.32 bits per heavy atom. The number of hydroxylamine groups is 2. The van der Waals surface area contributed by atoms with Crippen molar-refractivity contribution in [2.24, 2.45) is 0 Å². The summed E-state index contributed by atoms with van der Waals surface area (Å²) < 4.78 is 11.1. The molecule has 6 heteroatoms. The van der Waals surface area contributed by atoms with E-state index < -0.39 is 5.60 Å². The van der Waals surface area contributed by atoms with Gasteiger partial charge in [-0.15, -0.1) is 12.3 Å². The molecule has 0 unspecified atom stereocenters. The van der Waals surface area contributed by atoms with Gasteiger partial charge in [0, 0.05) is 12.0 Å². The lowest BCUT2D eigenvalue weighted by Gasteiger charge is -2.26. The predicted octanol–water partition coefficient (Wildman–Crippen LogP) is 3.08. The standard InChI is InChI=1S/C19H22N2O4/c1-5-9-16-17(15-10-7-6-8-11-15)24-20-18(16)23-13-12-21(14-22)25-19(2,3)4/h1,6-8,10-11,14H,9,12-13H2,2-4H3. The number of benzene rings is 1. The Morgan fingerprint density at radius 3 is 2.64 bits per heavy atom. The van der Waals surface area contributed by atoms with Crippen molar-refractivity contribution in [1.82, 2.24) is 10.2 Å². The topological polar surface area (TPSA) is 64.8 Å². The minimum atomic E-state index is -0.468. The van der Waals surface area contributed by atoms with Crippen LogP contribution in [0.1, 0.15) is 26.3 Å². The van der Waals surface area contributed by atoms with Crippen LogP contribution < -0.4 is 4.74 Å². The number of hydrogen-bond acceptors (Lipinski definition) is 5. The van der Waals surface area contributed by atoms with Crippen molar-refractivity contribution in [3.8, 4) is 29.5 Å². The summed E-state index contributed by atoms with van der Waals surface area (Å²) in [4.78, 5) is 16.6. The maximum absolute atomic E-state index is 11.1.